The number of amides is 1. The van der Waals surface area contributed by atoms with Crippen LogP contribution in [0.1, 0.15) is 35.5 Å². The highest BCUT2D eigenvalue weighted by Crippen LogP contribution is 2.23. The first-order valence-corrected chi connectivity index (χ1v) is 9.50. The van der Waals surface area contributed by atoms with Gasteiger partial charge in [0.1, 0.15) is 18.1 Å². The van der Waals surface area contributed by atoms with E-state index in [4.69, 9.17) is 4.42 Å². The maximum absolute atomic E-state index is 13.6. The first-order chi connectivity index (χ1) is 13.4. The summed E-state index contributed by atoms with van der Waals surface area (Å²) in [5, 5.41) is 4.62. The first-order valence-electron chi connectivity index (χ1n) is 9.50. The van der Waals surface area contributed by atoms with E-state index in [0.717, 1.165) is 34.8 Å². The first kappa shape index (κ1) is 18.4. The molecule has 0 fully saturated rings. The van der Waals surface area contributed by atoms with Gasteiger partial charge >= 0.3 is 0 Å². The Morgan fingerprint density at radius 1 is 1.29 bits per heavy atom. The third-order valence-corrected chi connectivity index (χ3v) is 5.16. The molecule has 0 bridgehead atoms. The Hall–Kier alpha value is -2.96. The number of carbonyl (C=O) groups is 1. The second-order valence-electron chi connectivity index (χ2n) is 7.16. The molecule has 28 heavy (non-hydrogen) atoms. The van der Waals surface area contributed by atoms with Crippen LogP contribution >= 0.6 is 0 Å². The van der Waals surface area contributed by atoms with Gasteiger partial charge in [-0.05, 0) is 43.2 Å². The summed E-state index contributed by atoms with van der Waals surface area (Å²) < 4.78 is 20.9. The number of nitrogens with zero attached hydrogens (tertiary/aromatic N) is 4. The van der Waals surface area contributed by atoms with Crippen LogP contribution in [-0.4, -0.2) is 32.1 Å². The number of fused-ring (bicyclic) bond motifs is 1. The molecule has 3 heterocycles. The summed E-state index contributed by atoms with van der Waals surface area (Å²) in [5.74, 6) is 1.18. The van der Waals surface area contributed by atoms with Crippen molar-refractivity contribution >= 4 is 5.91 Å². The average Bonchev–Trinajstić information content (AvgIpc) is 3.25. The standard InChI is InChI=1S/C21H23FN4O2/c1-4-16-10-19(15-5-6-17(22)13(2)9-15)24-26(16)12-21(27)25-8-7-18-20(11-25)28-14(3)23-18/h5-6,9-10H,4,7-8,11-12H2,1-3H3. The van der Waals surface area contributed by atoms with Crippen molar-refractivity contribution in [3.8, 4) is 11.3 Å². The van der Waals surface area contributed by atoms with Crippen LogP contribution in [0.15, 0.2) is 28.7 Å². The van der Waals surface area contributed by atoms with Crippen LogP contribution in [0.2, 0.25) is 0 Å². The molecule has 7 heteroatoms. The summed E-state index contributed by atoms with van der Waals surface area (Å²) in [6.07, 6.45) is 1.46. The number of aromatic nitrogens is 3. The number of oxazole rings is 1. The smallest absolute Gasteiger partial charge is 0.244 e. The Bertz CT molecular complexity index is 1040. The number of hydrogen-bond acceptors (Lipinski definition) is 4. The van der Waals surface area contributed by atoms with Crippen molar-refractivity contribution in [3.05, 3.63) is 58.7 Å². The molecule has 0 saturated carbocycles. The zero-order valence-electron chi connectivity index (χ0n) is 16.3. The molecule has 4 rings (SSSR count). The molecule has 1 amide bonds. The topological polar surface area (TPSA) is 64.2 Å². The lowest BCUT2D eigenvalue weighted by molar-refractivity contribution is -0.133. The van der Waals surface area contributed by atoms with Crippen LogP contribution in [0.3, 0.4) is 0 Å². The van der Waals surface area contributed by atoms with Gasteiger partial charge in [0, 0.05) is 31.1 Å². The number of aryl methyl sites for hydroxylation is 3. The highest BCUT2D eigenvalue weighted by Gasteiger charge is 2.25. The van der Waals surface area contributed by atoms with Crippen molar-refractivity contribution in [2.75, 3.05) is 6.54 Å². The molecule has 0 saturated heterocycles. The monoisotopic (exact) mass is 382 g/mol. The lowest BCUT2D eigenvalue weighted by Crippen LogP contribution is -2.38. The Morgan fingerprint density at radius 2 is 2.11 bits per heavy atom. The lowest BCUT2D eigenvalue weighted by Gasteiger charge is -2.25. The number of benzene rings is 1. The predicted octanol–water partition coefficient (Wildman–Crippen LogP) is 3.44. The number of hydrogen-bond donors (Lipinski definition) is 0. The molecular weight excluding hydrogens is 359 g/mol. The van der Waals surface area contributed by atoms with E-state index in [1.54, 1.807) is 28.6 Å². The molecule has 0 atom stereocenters. The summed E-state index contributed by atoms with van der Waals surface area (Å²) in [6, 6.07) is 6.91. The molecule has 0 radical (unpaired) electrons. The summed E-state index contributed by atoms with van der Waals surface area (Å²) in [7, 11) is 0. The highest BCUT2D eigenvalue weighted by atomic mass is 19.1. The summed E-state index contributed by atoms with van der Waals surface area (Å²) >= 11 is 0. The molecule has 1 aromatic carbocycles. The summed E-state index contributed by atoms with van der Waals surface area (Å²) in [4.78, 5) is 19.0. The van der Waals surface area contributed by atoms with Gasteiger partial charge in [-0.15, -0.1) is 0 Å². The normalized spacial score (nSPS) is 13.6. The van der Waals surface area contributed by atoms with Crippen LogP contribution < -0.4 is 0 Å². The van der Waals surface area contributed by atoms with E-state index in [-0.39, 0.29) is 18.3 Å². The van der Waals surface area contributed by atoms with E-state index < -0.39 is 0 Å². The van der Waals surface area contributed by atoms with Crippen molar-refractivity contribution in [2.45, 2.75) is 46.7 Å². The van der Waals surface area contributed by atoms with E-state index in [1.807, 2.05) is 19.9 Å². The highest BCUT2D eigenvalue weighted by molar-refractivity contribution is 5.76. The van der Waals surface area contributed by atoms with Crippen molar-refractivity contribution in [1.82, 2.24) is 19.7 Å². The number of halogens is 1. The van der Waals surface area contributed by atoms with E-state index in [2.05, 4.69) is 10.1 Å². The molecule has 0 unspecified atom stereocenters. The van der Waals surface area contributed by atoms with Gasteiger partial charge < -0.3 is 9.32 Å². The molecule has 1 aliphatic heterocycles. The Kier molecular flexibility index (Phi) is 4.75. The fourth-order valence-corrected chi connectivity index (χ4v) is 3.59. The zero-order valence-corrected chi connectivity index (χ0v) is 16.3. The second-order valence-corrected chi connectivity index (χ2v) is 7.16. The minimum absolute atomic E-state index is 0.000611. The van der Waals surface area contributed by atoms with Crippen molar-refractivity contribution in [1.29, 1.82) is 0 Å². The fraction of sp³-hybridized carbons (Fsp3) is 0.381. The molecule has 0 spiro atoms. The molecule has 1 aliphatic rings. The van der Waals surface area contributed by atoms with Crippen molar-refractivity contribution < 1.29 is 13.6 Å². The molecular formula is C21H23FN4O2. The molecule has 0 N–H and O–H groups in total. The minimum Gasteiger partial charge on any atom is -0.444 e. The van der Waals surface area contributed by atoms with Crippen LogP contribution in [0.25, 0.3) is 11.3 Å². The molecule has 3 aromatic rings. The molecule has 6 nitrogen and oxygen atoms in total. The van der Waals surface area contributed by atoms with Gasteiger partial charge in [-0.1, -0.05) is 6.92 Å². The van der Waals surface area contributed by atoms with Crippen LogP contribution in [0.5, 0.6) is 0 Å². The quantitative estimate of drug-likeness (QED) is 0.693. The van der Waals surface area contributed by atoms with Gasteiger partial charge in [-0.25, -0.2) is 9.37 Å². The molecule has 146 valence electrons. The van der Waals surface area contributed by atoms with E-state index in [0.29, 0.717) is 31.0 Å². The lowest BCUT2D eigenvalue weighted by atomic mass is 10.1. The summed E-state index contributed by atoms with van der Waals surface area (Å²) in [6.45, 7) is 6.83. The van der Waals surface area contributed by atoms with Gasteiger partial charge in [0.25, 0.3) is 0 Å². The molecule has 2 aromatic heterocycles. The Morgan fingerprint density at radius 3 is 2.86 bits per heavy atom. The van der Waals surface area contributed by atoms with Gasteiger partial charge in [-0.3, -0.25) is 9.48 Å². The third-order valence-electron chi connectivity index (χ3n) is 5.16. The van der Waals surface area contributed by atoms with Gasteiger partial charge in [-0.2, -0.15) is 5.10 Å². The minimum atomic E-state index is -0.235. The molecule has 0 aliphatic carbocycles. The van der Waals surface area contributed by atoms with E-state index in [1.165, 1.54) is 6.07 Å². The SMILES string of the molecule is CCc1cc(-c2ccc(F)c(C)c2)nn1CC(=O)N1CCc2nc(C)oc2C1. The largest absolute Gasteiger partial charge is 0.444 e. The number of carbonyl (C=O) groups excluding carboxylic acids is 1. The second kappa shape index (κ2) is 7.22. The zero-order chi connectivity index (χ0) is 19.8. The average molecular weight is 382 g/mol. The predicted molar refractivity (Wildman–Crippen MR) is 102 cm³/mol. The van der Waals surface area contributed by atoms with Crippen LogP contribution in [-0.2, 0) is 30.7 Å². The Labute approximate surface area is 163 Å². The maximum atomic E-state index is 13.6. The van der Waals surface area contributed by atoms with E-state index >= 15 is 0 Å². The van der Waals surface area contributed by atoms with Crippen molar-refractivity contribution in [3.63, 3.8) is 0 Å². The third kappa shape index (κ3) is 3.44. The van der Waals surface area contributed by atoms with Gasteiger partial charge in [0.15, 0.2) is 5.89 Å². The van der Waals surface area contributed by atoms with Crippen LogP contribution in [0.4, 0.5) is 4.39 Å². The van der Waals surface area contributed by atoms with Crippen molar-refractivity contribution in [2.24, 2.45) is 0 Å². The Balaban J connectivity index is 1.53. The maximum Gasteiger partial charge on any atom is 0.244 e. The fourth-order valence-electron chi connectivity index (χ4n) is 3.59. The van der Waals surface area contributed by atoms with Gasteiger partial charge in [0.2, 0.25) is 5.91 Å². The van der Waals surface area contributed by atoms with E-state index in [9.17, 15) is 9.18 Å². The van der Waals surface area contributed by atoms with Gasteiger partial charge in [0.05, 0.1) is 17.9 Å². The van der Waals surface area contributed by atoms with Crippen LogP contribution in [0, 0.1) is 19.7 Å². The summed E-state index contributed by atoms with van der Waals surface area (Å²) in [5.41, 5.74) is 4.09. The number of rotatable bonds is 4.